The molecule has 1 aliphatic heterocycles. The molecular formula is C18H15ClN2OS2. The minimum absolute atomic E-state index is 0.107. The molecule has 122 valence electrons. The molecule has 24 heavy (non-hydrogen) atoms. The smallest absolute Gasteiger partial charge is 0.270 e. The first kappa shape index (κ1) is 17.0. The molecule has 0 aliphatic carbocycles. The number of hydrogen-bond acceptors (Lipinski definition) is 4. The average Bonchev–Trinajstić information content (AvgIpc) is 2.83. The number of benzene rings is 2. The Labute approximate surface area is 155 Å². The van der Waals surface area contributed by atoms with E-state index in [9.17, 15) is 4.79 Å². The summed E-state index contributed by atoms with van der Waals surface area (Å²) < 4.78 is 0.526. The van der Waals surface area contributed by atoms with Gasteiger partial charge >= 0.3 is 0 Å². The monoisotopic (exact) mass is 374 g/mol. The minimum atomic E-state index is -0.107. The second kappa shape index (κ2) is 6.97. The van der Waals surface area contributed by atoms with Crippen LogP contribution in [0, 0.1) is 0 Å². The molecule has 1 saturated heterocycles. The molecule has 0 aromatic heterocycles. The summed E-state index contributed by atoms with van der Waals surface area (Å²) in [5.74, 6) is -0.107. The highest BCUT2D eigenvalue weighted by atomic mass is 35.5. The predicted molar refractivity (Wildman–Crippen MR) is 108 cm³/mol. The zero-order chi connectivity index (χ0) is 17.3. The van der Waals surface area contributed by atoms with Crippen LogP contribution in [-0.2, 0) is 4.79 Å². The van der Waals surface area contributed by atoms with Crippen molar-refractivity contribution in [3.8, 4) is 0 Å². The van der Waals surface area contributed by atoms with Crippen LogP contribution in [0.4, 0.5) is 11.4 Å². The van der Waals surface area contributed by atoms with Crippen LogP contribution >= 0.6 is 35.6 Å². The van der Waals surface area contributed by atoms with Crippen LogP contribution in [0.25, 0.3) is 6.08 Å². The average molecular weight is 375 g/mol. The van der Waals surface area contributed by atoms with E-state index in [2.05, 4.69) is 0 Å². The Balaban J connectivity index is 1.86. The van der Waals surface area contributed by atoms with Gasteiger partial charge in [0.1, 0.15) is 0 Å². The van der Waals surface area contributed by atoms with Gasteiger partial charge < -0.3 is 4.90 Å². The first-order chi connectivity index (χ1) is 11.5. The molecule has 1 aliphatic rings. The number of carbonyl (C=O) groups excluding carboxylic acids is 1. The zero-order valence-electron chi connectivity index (χ0n) is 13.2. The molecule has 1 amide bonds. The van der Waals surface area contributed by atoms with Crippen molar-refractivity contribution >= 4 is 63.3 Å². The molecular weight excluding hydrogens is 360 g/mol. The van der Waals surface area contributed by atoms with Crippen molar-refractivity contribution in [3.05, 3.63) is 64.0 Å². The highest BCUT2D eigenvalue weighted by molar-refractivity contribution is 8.27. The zero-order valence-corrected chi connectivity index (χ0v) is 15.6. The molecule has 3 rings (SSSR count). The summed E-state index contributed by atoms with van der Waals surface area (Å²) >= 11 is 12.6. The van der Waals surface area contributed by atoms with Gasteiger partial charge in [-0.05, 0) is 48.0 Å². The summed E-state index contributed by atoms with van der Waals surface area (Å²) in [5, 5.41) is 0.626. The number of thiocarbonyl (C=S) groups is 1. The van der Waals surface area contributed by atoms with Crippen LogP contribution in [0.15, 0.2) is 53.4 Å². The Morgan fingerprint density at radius 2 is 1.71 bits per heavy atom. The highest BCUT2D eigenvalue weighted by Gasteiger charge is 2.33. The van der Waals surface area contributed by atoms with Gasteiger partial charge in [0.25, 0.3) is 5.91 Å². The summed E-state index contributed by atoms with van der Waals surface area (Å²) in [4.78, 5) is 16.9. The normalized spacial score (nSPS) is 16.1. The van der Waals surface area contributed by atoms with Gasteiger partial charge in [-0.25, -0.2) is 0 Å². The topological polar surface area (TPSA) is 23.6 Å². The lowest BCUT2D eigenvalue weighted by molar-refractivity contribution is -0.113. The Morgan fingerprint density at radius 1 is 1.08 bits per heavy atom. The van der Waals surface area contributed by atoms with Crippen molar-refractivity contribution < 1.29 is 4.79 Å². The minimum Gasteiger partial charge on any atom is -0.378 e. The molecule has 0 bridgehead atoms. The van der Waals surface area contributed by atoms with Gasteiger partial charge in [0.15, 0.2) is 4.32 Å². The third-order valence-corrected chi connectivity index (χ3v) is 5.14. The summed E-state index contributed by atoms with van der Waals surface area (Å²) in [5.41, 5.74) is 2.81. The fraction of sp³-hybridized carbons (Fsp3) is 0.111. The van der Waals surface area contributed by atoms with Crippen molar-refractivity contribution in [1.82, 2.24) is 0 Å². The van der Waals surface area contributed by atoms with Crippen LogP contribution in [0.2, 0.25) is 5.02 Å². The molecule has 0 radical (unpaired) electrons. The molecule has 3 nitrogen and oxygen atoms in total. The van der Waals surface area contributed by atoms with E-state index in [0.29, 0.717) is 14.2 Å². The lowest BCUT2D eigenvalue weighted by atomic mass is 10.2. The third kappa shape index (κ3) is 3.48. The predicted octanol–water partition coefficient (Wildman–Crippen LogP) is 4.81. The maximum Gasteiger partial charge on any atom is 0.270 e. The van der Waals surface area contributed by atoms with Gasteiger partial charge in [0, 0.05) is 24.8 Å². The lowest BCUT2D eigenvalue weighted by Crippen LogP contribution is -2.27. The number of thioether (sulfide) groups is 1. The van der Waals surface area contributed by atoms with Crippen LogP contribution in [-0.4, -0.2) is 24.3 Å². The molecule has 6 heteroatoms. The van der Waals surface area contributed by atoms with Gasteiger partial charge in [-0.3, -0.25) is 9.69 Å². The van der Waals surface area contributed by atoms with Crippen LogP contribution in [0.5, 0.6) is 0 Å². The quantitative estimate of drug-likeness (QED) is 0.568. The standard InChI is InChI=1S/C18H15ClN2OS2/c1-20(2)14-7-3-12(4-8-14)11-16-17(22)21(18(23)24-16)15-9-5-13(19)6-10-15/h3-11H,1-2H3/b16-11-. The van der Waals surface area contributed by atoms with E-state index >= 15 is 0 Å². The maximum atomic E-state index is 12.7. The first-order valence-electron chi connectivity index (χ1n) is 7.26. The molecule has 1 heterocycles. The SMILES string of the molecule is CN(C)c1ccc(/C=C2\SC(=S)N(c3ccc(Cl)cc3)C2=O)cc1. The Morgan fingerprint density at radius 3 is 2.29 bits per heavy atom. The number of nitrogens with zero attached hydrogens (tertiary/aromatic N) is 2. The number of halogens is 1. The molecule has 0 spiro atoms. The Kier molecular flexibility index (Phi) is 4.94. The van der Waals surface area contributed by atoms with Crippen molar-refractivity contribution in [2.75, 3.05) is 23.9 Å². The second-order valence-corrected chi connectivity index (χ2v) is 7.59. The summed E-state index contributed by atoms with van der Waals surface area (Å²) in [6.45, 7) is 0. The van der Waals surface area contributed by atoms with Crippen molar-refractivity contribution in [2.24, 2.45) is 0 Å². The van der Waals surface area contributed by atoms with Gasteiger partial charge in [0.05, 0.1) is 10.6 Å². The number of anilines is 2. The van der Waals surface area contributed by atoms with Crippen molar-refractivity contribution in [3.63, 3.8) is 0 Å². The maximum absolute atomic E-state index is 12.7. The van der Waals surface area contributed by atoms with E-state index in [-0.39, 0.29) is 5.91 Å². The number of rotatable bonds is 3. The van der Waals surface area contributed by atoms with Gasteiger partial charge in [0.2, 0.25) is 0 Å². The fourth-order valence-electron chi connectivity index (χ4n) is 2.30. The van der Waals surface area contributed by atoms with Crippen LogP contribution < -0.4 is 9.80 Å². The van der Waals surface area contributed by atoms with E-state index in [0.717, 1.165) is 16.9 Å². The van der Waals surface area contributed by atoms with Crippen molar-refractivity contribution in [2.45, 2.75) is 0 Å². The first-order valence-corrected chi connectivity index (χ1v) is 8.87. The van der Waals surface area contributed by atoms with E-state index in [1.54, 1.807) is 24.3 Å². The molecule has 2 aromatic rings. The van der Waals surface area contributed by atoms with Crippen LogP contribution in [0.1, 0.15) is 5.56 Å². The van der Waals surface area contributed by atoms with E-state index < -0.39 is 0 Å². The van der Waals surface area contributed by atoms with Gasteiger partial charge in [-0.2, -0.15) is 0 Å². The van der Waals surface area contributed by atoms with Crippen LogP contribution in [0.3, 0.4) is 0 Å². The molecule has 2 aromatic carbocycles. The van der Waals surface area contributed by atoms with E-state index in [1.165, 1.54) is 16.7 Å². The number of carbonyl (C=O) groups is 1. The Hall–Kier alpha value is -1.82. The third-order valence-electron chi connectivity index (χ3n) is 3.59. The molecule has 1 fully saturated rings. The highest BCUT2D eigenvalue weighted by Crippen LogP contribution is 2.36. The lowest BCUT2D eigenvalue weighted by Gasteiger charge is -2.14. The van der Waals surface area contributed by atoms with Gasteiger partial charge in [-0.1, -0.05) is 47.7 Å². The van der Waals surface area contributed by atoms with Crippen molar-refractivity contribution in [1.29, 1.82) is 0 Å². The van der Waals surface area contributed by atoms with Gasteiger partial charge in [-0.15, -0.1) is 0 Å². The second-order valence-electron chi connectivity index (χ2n) is 5.48. The van der Waals surface area contributed by atoms with E-state index in [1.807, 2.05) is 49.3 Å². The molecule has 0 atom stereocenters. The fourth-order valence-corrected chi connectivity index (χ4v) is 3.73. The number of amides is 1. The molecule has 0 saturated carbocycles. The Bertz CT molecular complexity index is 814. The summed E-state index contributed by atoms with van der Waals surface area (Å²) in [6, 6.07) is 15.1. The summed E-state index contributed by atoms with van der Waals surface area (Å²) in [6.07, 6.45) is 1.87. The molecule has 0 N–H and O–H groups in total. The largest absolute Gasteiger partial charge is 0.378 e. The summed E-state index contributed by atoms with van der Waals surface area (Å²) in [7, 11) is 3.98. The molecule has 0 unspecified atom stereocenters. The van der Waals surface area contributed by atoms with E-state index in [4.69, 9.17) is 23.8 Å². The number of hydrogen-bond donors (Lipinski definition) is 0.